The van der Waals surface area contributed by atoms with Gasteiger partial charge in [-0.05, 0) is 31.4 Å². The first-order valence-corrected chi connectivity index (χ1v) is 9.91. The predicted molar refractivity (Wildman–Crippen MR) is 112 cm³/mol. The van der Waals surface area contributed by atoms with E-state index in [2.05, 4.69) is 62.2 Å². The van der Waals surface area contributed by atoms with Crippen molar-refractivity contribution in [3.63, 3.8) is 0 Å². The number of hydrogen-bond acceptors (Lipinski definition) is 7. The number of nitrogens with one attached hydrogen (secondary N) is 3. The van der Waals surface area contributed by atoms with Gasteiger partial charge >= 0.3 is 0 Å². The van der Waals surface area contributed by atoms with E-state index < -0.39 is 0 Å². The molecule has 0 unspecified atom stereocenters. The van der Waals surface area contributed by atoms with Crippen molar-refractivity contribution >= 4 is 35.4 Å². The normalized spacial score (nSPS) is 17.6. The molecule has 1 aromatic carbocycles. The average molecular weight is 403 g/mol. The van der Waals surface area contributed by atoms with Crippen LogP contribution in [-0.4, -0.2) is 37.4 Å². The molecule has 0 spiro atoms. The molecule has 0 atom stereocenters. The molecule has 2 aromatic heterocycles. The fourth-order valence-electron chi connectivity index (χ4n) is 3.27. The Kier molecular flexibility index (Phi) is 4.42. The summed E-state index contributed by atoms with van der Waals surface area (Å²) in [5, 5.41) is 13.3. The molecule has 3 aromatic rings. The van der Waals surface area contributed by atoms with Crippen molar-refractivity contribution in [3.8, 4) is 0 Å². The maximum Gasteiger partial charge on any atom is 0.254 e. The van der Waals surface area contributed by atoms with Crippen molar-refractivity contribution < 1.29 is 9.59 Å². The molecule has 152 valence electrons. The summed E-state index contributed by atoms with van der Waals surface area (Å²) in [6.07, 6.45) is 5.55. The molecule has 1 aliphatic carbocycles. The van der Waals surface area contributed by atoms with Crippen LogP contribution in [0.15, 0.2) is 36.0 Å². The molecule has 3 N–H and O–H groups in total. The molecule has 2 amide bonds. The molecule has 0 radical (unpaired) electrons. The fourth-order valence-corrected chi connectivity index (χ4v) is 3.27. The van der Waals surface area contributed by atoms with Gasteiger partial charge in [-0.2, -0.15) is 19.6 Å². The third kappa shape index (κ3) is 3.73. The van der Waals surface area contributed by atoms with Crippen molar-refractivity contribution in [2.75, 3.05) is 10.6 Å². The molecule has 2 fully saturated rings. The van der Waals surface area contributed by atoms with Gasteiger partial charge in [-0.15, -0.1) is 0 Å². The summed E-state index contributed by atoms with van der Waals surface area (Å²) in [5.74, 6) is 0.403. The number of aromatic nitrogens is 4. The van der Waals surface area contributed by atoms with E-state index in [1.54, 1.807) is 16.8 Å². The van der Waals surface area contributed by atoms with E-state index in [9.17, 15) is 9.59 Å². The predicted octanol–water partition coefficient (Wildman–Crippen LogP) is 2.05. The number of amides is 2. The van der Waals surface area contributed by atoms with Crippen LogP contribution in [-0.2, 0) is 16.1 Å². The highest BCUT2D eigenvalue weighted by atomic mass is 16.2. The molecule has 9 heteroatoms. The van der Waals surface area contributed by atoms with Gasteiger partial charge in [-0.25, -0.2) is 0 Å². The molecule has 3 heterocycles. The van der Waals surface area contributed by atoms with Gasteiger partial charge in [0.15, 0.2) is 5.65 Å². The Bertz CT molecular complexity index is 1180. The standard InChI is InChI=1S/C21H21N7O2/c1-12-2-4-13(5-3-12)10-22-20-26-18-15(8-14-9-17(29)25-19(14)30)11-23-28(18)21(27-20)24-16-6-7-16/h2-5,8,11,16H,6-7,9-10H2,1H3,(H,25,29,30)(H2,22,24,26,27)/b14-8+. The van der Waals surface area contributed by atoms with Crippen molar-refractivity contribution in [2.24, 2.45) is 0 Å². The van der Waals surface area contributed by atoms with E-state index in [1.807, 2.05) is 0 Å². The highest BCUT2D eigenvalue weighted by Crippen LogP contribution is 2.26. The number of aryl methyl sites for hydroxylation is 1. The van der Waals surface area contributed by atoms with Crippen LogP contribution in [0, 0.1) is 6.92 Å². The number of hydrogen-bond donors (Lipinski definition) is 3. The summed E-state index contributed by atoms with van der Waals surface area (Å²) < 4.78 is 1.64. The smallest absolute Gasteiger partial charge is 0.254 e. The van der Waals surface area contributed by atoms with Crippen LogP contribution in [0.5, 0.6) is 0 Å². The Balaban J connectivity index is 1.49. The topological polar surface area (TPSA) is 113 Å². The Morgan fingerprint density at radius 2 is 2.00 bits per heavy atom. The van der Waals surface area contributed by atoms with Crippen LogP contribution in [0.1, 0.15) is 36.0 Å². The highest BCUT2D eigenvalue weighted by molar-refractivity contribution is 6.15. The number of anilines is 2. The Labute approximate surface area is 172 Å². The van der Waals surface area contributed by atoms with E-state index in [-0.39, 0.29) is 18.2 Å². The maximum atomic E-state index is 11.9. The van der Waals surface area contributed by atoms with Crippen LogP contribution in [0.4, 0.5) is 11.9 Å². The van der Waals surface area contributed by atoms with E-state index >= 15 is 0 Å². The van der Waals surface area contributed by atoms with E-state index in [4.69, 9.17) is 0 Å². The number of imide groups is 1. The molecule has 5 rings (SSSR count). The minimum atomic E-state index is -0.373. The van der Waals surface area contributed by atoms with Crippen molar-refractivity contribution in [2.45, 2.75) is 38.8 Å². The summed E-state index contributed by atoms with van der Waals surface area (Å²) in [5.41, 5.74) is 3.96. The number of benzene rings is 1. The van der Waals surface area contributed by atoms with Gasteiger partial charge in [0.1, 0.15) is 0 Å². The second-order valence-electron chi connectivity index (χ2n) is 7.69. The van der Waals surface area contributed by atoms with Crippen molar-refractivity contribution in [1.29, 1.82) is 0 Å². The lowest BCUT2D eigenvalue weighted by atomic mass is 10.1. The van der Waals surface area contributed by atoms with E-state index in [1.165, 1.54) is 5.56 Å². The summed E-state index contributed by atoms with van der Waals surface area (Å²) >= 11 is 0. The molecule has 1 saturated carbocycles. The zero-order valence-corrected chi connectivity index (χ0v) is 16.5. The van der Waals surface area contributed by atoms with Crippen LogP contribution in [0.25, 0.3) is 11.7 Å². The van der Waals surface area contributed by atoms with Crippen LogP contribution < -0.4 is 16.0 Å². The quantitative estimate of drug-likeness (QED) is 0.426. The highest BCUT2D eigenvalue weighted by Gasteiger charge is 2.26. The number of nitrogens with zero attached hydrogens (tertiary/aromatic N) is 4. The summed E-state index contributed by atoms with van der Waals surface area (Å²) in [6, 6.07) is 8.65. The third-order valence-corrected chi connectivity index (χ3v) is 5.10. The maximum absolute atomic E-state index is 11.9. The van der Waals surface area contributed by atoms with Gasteiger partial charge in [-0.3, -0.25) is 14.9 Å². The number of carbonyl (C=O) groups is 2. The summed E-state index contributed by atoms with van der Waals surface area (Å²) in [4.78, 5) is 32.6. The zero-order chi connectivity index (χ0) is 20.7. The molecule has 30 heavy (non-hydrogen) atoms. The first-order valence-electron chi connectivity index (χ1n) is 9.91. The lowest BCUT2D eigenvalue weighted by molar-refractivity contribution is -0.124. The van der Waals surface area contributed by atoms with Crippen molar-refractivity contribution in [3.05, 3.63) is 52.7 Å². The number of rotatable bonds is 6. The van der Waals surface area contributed by atoms with Crippen molar-refractivity contribution in [1.82, 2.24) is 24.9 Å². The van der Waals surface area contributed by atoms with Gasteiger partial charge < -0.3 is 10.6 Å². The Hall–Kier alpha value is -3.75. The number of fused-ring (bicyclic) bond motifs is 1. The van der Waals surface area contributed by atoms with Gasteiger partial charge in [0, 0.05) is 23.7 Å². The second-order valence-corrected chi connectivity index (χ2v) is 7.69. The first kappa shape index (κ1) is 18.3. The zero-order valence-electron chi connectivity index (χ0n) is 16.5. The molecule has 0 bridgehead atoms. The monoisotopic (exact) mass is 403 g/mol. The minimum absolute atomic E-state index is 0.0625. The molecule has 1 saturated heterocycles. The third-order valence-electron chi connectivity index (χ3n) is 5.10. The SMILES string of the molecule is Cc1ccc(CNc2nc(NC3CC3)n3ncc(/C=C4\CC(=O)NC4=O)c3n2)cc1. The Morgan fingerprint density at radius 3 is 2.70 bits per heavy atom. The lowest BCUT2D eigenvalue weighted by Gasteiger charge is -2.10. The lowest BCUT2D eigenvalue weighted by Crippen LogP contribution is -2.19. The fraction of sp³-hybridized carbons (Fsp3) is 0.286. The first-order chi connectivity index (χ1) is 14.5. The van der Waals surface area contributed by atoms with Gasteiger partial charge in [0.2, 0.25) is 17.8 Å². The molecule has 1 aliphatic heterocycles. The molecule has 9 nitrogen and oxygen atoms in total. The second kappa shape index (κ2) is 7.25. The van der Waals surface area contributed by atoms with Crippen LogP contribution in [0.2, 0.25) is 0 Å². The van der Waals surface area contributed by atoms with Gasteiger partial charge in [0.25, 0.3) is 5.91 Å². The van der Waals surface area contributed by atoms with Gasteiger partial charge in [0.05, 0.1) is 12.6 Å². The van der Waals surface area contributed by atoms with Gasteiger partial charge in [-0.1, -0.05) is 29.8 Å². The molecular formula is C21H21N7O2. The van der Waals surface area contributed by atoms with E-state index in [0.29, 0.717) is 41.3 Å². The number of carbonyl (C=O) groups excluding carboxylic acids is 2. The minimum Gasteiger partial charge on any atom is -0.351 e. The van der Waals surface area contributed by atoms with Crippen LogP contribution >= 0.6 is 0 Å². The largest absolute Gasteiger partial charge is 0.351 e. The Morgan fingerprint density at radius 1 is 1.20 bits per heavy atom. The van der Waals surface area contributed by atoms with Crippen LogP contribution in [0.3, 0.4) is 0 Å². The molecular weight excluding hydrogens is 382 g/mol. The summed E-state index contributed by atoms with van der Waals surface area (Å²) in [6.45, 7) is 2.64. The molecule has 2 aliphatic rings. The average Bonchev–Trinajstić information content (AvgIpc) is 3.36. The summed E-state index contributed by atoms with van der Waals surface area (Å²) in [7, 11) is 0. The van der Waals surface area contributed by atoms with E-state index in [0.717, 1.165) is 18.4 Å².